The summed E-state index contributed by atoms with van der Waals surface area (Å²) in [4.78, 5) is 10.6. The number of aliphatic hydroxyl groups excluding tert-OH is 4. The van der Waals surface area contributed by atoms with Crippen molar-refractivity contribution in [3.8, 4) is 17.2 Å². The zero-order chi connectivity index (χ0) is 23.1. The molecular weight excluding hydrogens is 410 g/mol. The Hall–Kier alpha value is -2.76. The molecule has 0 radical (unpaired) electrons. The van der Waals surface area contributed by atoms with Crippen LogP contribution in [0.25, 0.3) is 0 Å². The molecule has 0 saturated carbocycles. The highest BCUT2D eigenvalue weighted by Gasteiger charge is 2.35. The Labute approximate surface area is 179 Å². The number of para-hydroxylation sites is 2. The number of methoxy groups -OCH3 is 1. The number of hydrogen-bond acceptors (Lipinski definition) is 9. The second kappa shape index (κ2) is 11.0. The summed E-state index contributed by atoms with van der Waals surface area (Å²) in [7, 11) is 1.27. The van der Waals surface area contributed by atoms with Crippen molar-refractivity contribution in [2.45, 2.75) is 38.4 Å². The average Bonchev–Trinajstić information content (AvgIpc) is 2.76. The Morgan fingerprint density at radius 1 is 1.03 bits per heavy atom. The van der Waals surface area contributed by atoms with E-state index in [1.807, 2.05) is 0 Å². The van der Waals surface area contributed by atoms with Crippen molar-refractivity contribution < 1.29 is 39.6 Å². The van der Waals surface area contributed by atoms with Gasteiger partial charge in [0.2, 0.25) is 12.0 Å². The highest BCUT2D eigenvalue weighted by atomic mass is 16.7. The van der Waals surface area contributed by atoms with Crippen LogP contribution in [0, 0.1) is 23.0 Å². The van der Waals surface area contributed by atoms with Gasteiger partial charge in [-0.2, -0.15) is 0 Å². The minimum absolute atomic E-state index is 0.0841. The van der Waals surface area contributed by atoms with Gasteiger partial charge in [-0.15, -0.1) is 0 Å². The number of ether oxygens (including phenoxy) is 3. The van der Waals surface area contributed by atoms with E-state index in [0.717, 1.165) is 0 Å². The zero-order valence-corrected chi connectivity index (χ0v) is 17.4. The lowest BCUT2D eigenvalue weighted by Crippen LogP contribution is -2.49. The third kappa shape index (κ3) is 6.12. The van der Waals surface area contributed by atoms with Gasteiger partial charge in [0, 0.05) is 25.7 Å². The number of benzene rings is 2. The molecule has 0 amide bonds. The summed E-state index contributed by atoms with van der Waals surface area (Å²) in [6, 6.07) is 10.6. The summed E-state index contributed by atoms with van der Waals surface area (Å²) < 4.78 is 16.4. The van der Waals surface area contributed by atoms with Crippen LogP contribution in [0.15, 0.2) is 42.5 Å². The first-order chi connectivity index (χ1) is 14.7. The maximum absolute atomic E-state index is 11.1. The molecule has 0 fully saturated rings. The van der Waals surface area contributed by atoms with Crippen LogP contribution in [0.4, 0.5) is 5.69 Å². The SMILES string of the molecule is COC(Oc1ccc(Oc2ccccc2[N+](=O)[O-])cc1C)C(O)C(O)C(O)C(C)CO. The second-order valence-corrected chi connectivity index (χ2v) is 7.11. The molecule has 0 aliphatic carbocycles. The summed E-state index contributed by atoms with van der Waals surface area (Å²) >= 11 is 0. The van der Waals surface area contributed by atoms with E-state index in [1.165, 1.54) is 44.4 Å². The van der Waals surface area contributed by atoms with E-state index in [4.69, 9.17) is 19.3 Å². The van der Waals surface area contributed by atoms with E-state index in [2.05, 4.69) is 0 Å². The number of hydrogen-bond donors (Lipinski definition) is 4. The predicted octanol–water partition coefficient (Wildman–Crippen LogP) is 1.76. The highest BCUT2D eigenvalue weighted by molar-refractivity contribution is 5.49. The molecule has 5 atom stereocenters. The lowest BCUT2D eigenvalue weighted by atomic mass is 9.96. The summed E-state index contributed by atoms with van der Waals surface area (Å²) in [5.41, 5.74) is 0.400. The molecule has 2 aromatic rings. The Kier molecular flexibility index (Phi) is 8.72. The standard InChI is InChI=1S/C21H27NO9/c1-12-10-14(30-17-7-5-4-6-15(17)22(27)28)8-9-16(12)31-21(29-3)20(26)19(25)18(24)13(2)11-23/h4-10,13,18-21,23-26H,11H2,1-3H3. The lowest BCUT2D eigenvalue weighted by molar-refractivity contribution is -0.385. The molecule has 10 nitrogen and oxygen atoms in total. The van der Waals surface area contributed by atoms with Gasteiger partial charge < -0.3 is 34.6 Å². The lowest BCUT2D eigenvalue weighted by Gasteiger charge is -2.31. The topological polar surface area (TPSA) is 152 Å². The van der Waals surface area contributed by atoms with Gasteiger partial charge in [-0.1, -0.05) is 19.1 Å². The van der Waals surface area contributed by atoms with Crippen molar-refractivity contribution in [3.63, 3.8) is 0 Å². The summed E-state index contributed by atoms with van der Waals surface area (Å²) in [6.45, 7) is 2.84. The van der Waals surface area contributed by atoms with Gasteiger partial charge in [0.1, 0.15) is 23.7 Å². The predicted molar refractivity (Wildman–Crippen MR) is 110 cm³/mol. The number of nitro groups is 1. The van der Waals surface area contributed by atoms with Crippen LogP contribution in [-0.2, 0) is 4.74 Å². The molecule has 0 heterocycles. The van der Waals surface area contributed by atoms with Gasteiger partial charge in [-0.25, -0.2) is 0 Å². The van der Waals surface area contributed by atoms with Gasteiger partial charge in [0.15, 0.2) is 0 Å². The fourth-order valence-electron chi connectivity index (χ4n) is 2.83. The summed E-state index contributed by atoms with van der Waals surface area (Å²) in [5, 5.41) is 50.8. The smallest absolute Gasteiger partial charge is 0.311 e. The Morgan fingerprint density at radius 2 is 1.71 bits per heavy atom. The minimum atomic E-state index is -1.62. The first-order valence-corrected chi connectivity index (χ1v) is 9.56. The van der Waals surface area contributed by atoms with E-state index in [0.29, 0.717) is 17.1 Å². The van der Waals surface area contributed by atoms with E-state index in [-0.39, 0.29) is 18.0 Å². The Balaban J connectivity index is 2.14. The van der Waals surface area contributed by atoms with Crippen molar-refractivity contribution >= 4 is 5.69 Å². The van der Waals surface area contributed by atoms with Crippen LogP contribution in [0.5, 0.6) is 17.2 Å². The van der Waals surface area contributed by atoms with E-state index in [1.54, 1.807) is 19.1 Å². The number of aryl methyl sites for hydroxylation is 1. The van der Waals surface area contributed by atoms with Crippen LogP contribution in [-0.4, -0.2) is 63.7 Å². The number of nitrogens with zero attached hydrogens (tertiary/aromatic N) is 1. The highest BCUT2D eigenvalue weighted by Crippen LogP contribution is 2.33. The van der Waals surface area contributed by atoms with Crippen LogP contribution in [0.2, 0.25) is 0 Å². The number of aliphatic hydroxyl groups is 4. The fraction of sp³-hybridized carbons (Fsp3) is 0.429. The van der Waals surface area contributed by atoms with E-state index in [9.17, 15) is 25.4 Å². The monoisotopic (exact) mass is 437 g/mol. The maximum atomic E-state index is 11.1. The largest absolute Gasteiger partial charge is 0.462 e. The molecule has 0 spiro atoms. The molecule has 5 unspecified atom stereocenters. The molecule has 170 valence electrons. The number of rotatable bonds is 11. The summed E-state index contributed by atoms with van der Waals surface area (Å²) in [5.74, 6) is 0.0573. The zero-order valence-electron chi connectivity index (χ0n) is 17.4. The molecule has 0 saturated heterocycles. The molecule has 2 aromatic carbocycles. The van der Waals surface area contributed by atoms with Crippen molar-refractivity contribution in [1.82, 2.24) is 0 Å². The average molecular weight is 437 g/mol. The van der Waals surface area contributed by atoms with Crippen LogP contribution < -0.4 is 9.47 Å². The van der Waals surface area contributed by atoms with Crippen molar-refractivity contribution in [1.29, 1.82) is 0 Å². The van der Waals surface area contributed by atoms with Crippen LogP contribution in [0.3, 0.4) is 0 Å². The van der Waals surface area contributed by atoms with Crippen LogP contribution >= 0.6 is 0 Å². The van der Waals surface area contributed by atoms with Crippen molar-refractivity contribution in [2.75, 3.05) is 13.7 Å². The first kappa shape index (κ1) is 24.5. The third-order valence-electron chi connectivity index (χ3n) is 4.76. The Morgan fingerprint density at radius 3 is 2.29 bits per heavy atom. The van der Waals surface area contributed by atoms with E-state index >= 15 is 0 Å². The van der Waals surface area contributed by atoms with Gasteiger partial charge in [0.05, 0.1) is 11.0 Å². The number of nitro benzene ring substituents is 1. The molecule has 31 heavy (non-hydrogen) atoms. The van der Waals surface area contributed by atoms with Crippen molar-refractivity contribution in [3.05, 3.63) is 58.1 Å². The van der Waals surface area contributed by atoms with Crippen molar-refractivity contribution in [2.24, 2.45) is 5.92 Å². The maximum Gasteiger partial charge on any atom is 0.311 e. The Bertz CT molecular complexity index is 876. The molecule has 0 aliphatic rings. The van der Waals surface area contributed by atoms with E-state index < -0.39 is 35.4 Å². The molecule has 0 aromatic heterocycles. The summed E-state index contributed by atoms with van der Waals surface area (Å²) in [6.07, 6.45) is -5.92. The fourth-order valence-corrected chi connectivity index (χ4v) is 2.83. The normalized spacial score (nSPS) is 16.1. The molecule has 4 N–H and O–H groups in total. The first-order valence-electron chi connectivity index (χ1n) is 9.56. The molecular formula is C21H27NO9. The van der Waals surface area contributed by atoms with Gasteiger partial charge in [-0.3, -0.25) is 10.1 Å². The molecule has 10 heteroatoms. The third-order valence-corrected chi connectivity index (χ3v) is 4.76. The molecule has 2 rings (SSSR count). The quantitative estimate of drug-likeness (QED) is 0.234. The minimum Gasteiger partial charge on any atom is -0.462 e. The van der Waals surface area contributed by atoms with Gasteiger partial charge in [0.25, 0.3) is 0 Å². The van der Waals surface area contributed by atoms with Crippen LogP contribution in [0.1, 0.15) is 12.5 Å². The van der Waals surface area contributed by atoms with Gasteiger partial charge in [-0.05, 0) is 36.8 Å². The van der Waals surface area contributed by atoms with Gasteiger partial charge >= 0.3 is 5.69 Å². The second-order valence-electron chi connectivity index (χ2n) is 7.11. The molecule has 0 bridgehead atoms. The molecule has 0 aliphatic heterocycles.